The van der Waals surface area contributed by atoms with Gasteiger partial charge in [-0.25, -0.2) is 0 Å². The average molecular weight is 219 g/mol. The molecule has 0 aliphatic carbocycles. The van der Waals surface area contributed by atoms with Gasteiger partial charge in [0.2, 0.25) is 0 Å². The van der Waals surface area contributed by atoms with Crippen LogP contribution in [0.25, 0.3) is 0 Å². The maximum Gasteiger partial charge on any atom is 0.282 e. The number of carbonyl (C=O) groups excluding carboxylic acids is 1. The van der Waals surface area contributed by atoms with Crippen LogP contribution in [0.1, 0.15) is 6.92 Å². The van der Waals surface area contributed by atoms with Crippen LogP contribution in [-0.2, 0) is 11.2 Å². The molecule has 2 saturated heterocycles. The van der Waals surface area contributed by atoms with Crippen LogP contribution in [0.3, 0.4) is 0 Å². The molecule has 2 fully saturated rings. The molecule has 0 aromatic carbocycles. The molecular formula is C8H13NO2S2. The fourth-order valence-electron chi connectivity index (χ4n) is 1.84. The van der Waals surface area contributed by atoms with Crippen LogP contribution in [0.15, 0.2) is 0 Å². The molecule has 2 rings (SSSR count). The predicted molar refractivity (Wildman–Crippen MR) is 55.4 cm³/mol. The molecule has 0 aromatic heterocycles. The number of amides is 1. The van der Waals surface area contributed by atoms with Gasteiger partial charge in [-0.1, -0.05) is 29.9 Å². The Labute approximate surface area is 85.4 Å². The third-order valence-corrected chi connectivity index (χ3v) is 5.16. The minimum Gasteiger partial charge on any atom is -0.616 e. The van der Waals surface area contributed by atoms with Crippen LogP contribution in [0.2, 0.25) is 0 Å². The standard InChI is InChI=1S/C8H13NO2S2/c1-6-2-9-7(3-12-8(9)10)5-13(11)4-6/h6-7H,2-5H2,1H3. The van der Waals surface area contributed by atoms with Gasteiger partial charge in [0.05, 0.1) is 6.04 Å². The van der Waals surface area contributed by atoms with Crippen LogP contribution in [0, 0.1) is 5.92 Å². The van der Waals surface area contributed by atoms with E-state index in [4.69, 9.17) is 0 Å². The first kappa shape index (κ1) is 9.68. The summed E-state index contributed by atoms with van der Waals surface area (Å²) < 4.78 is 11.5. The number of hydrogen-bond acceptors (Lipinski definition) is 3. The Morgan fingerprint density at radius 3 is 3.15 bits per heavy atom. The molecule has 2 heterocycles. The van der Waals surface area contributed by atoms with Crippen molar-refractivity contribution >= 4 is 28.2 Å². The Bertz CT molecular complexity index is 224. The molecular weight excluding hydrogens is 206 g/mol. The zero-order chi connectivity index (χ0) is 9.42. The van der Waals surface area contributed by atoms with Gasteiger partial charge in [0, 0.05) is 18.2 Å². The zero-order valence-corrected chi connectivity index (χ0v) is 9.20. The van der Waals surface area contributed by atoms with Gasteiger partial charge in [-0.05, 0) is 0 Å². The highest BCUT2D eigenvalue weighted by Gasteiger charge is 2.38. The van der Waals surface area contributed by atoms with E-state index >= 15 is 0 Å². The minimum absolute atomic E-state index is 0.177. The maximum atomic E-state index is 11.5. The molecule has 0 spiro atoms. The van der Waals surface area contributed by atoms with Crippen LogP contribution < -0.4 is 0 Å². The molecule has 13 heavy (non-hydrogen) atoms. The lowest BCUT2D eigenvalue weighted by atomic mass is 10.2. The fourth-order valence-corrected chi connectivity index (χ4v) is 4.61. The number of fused-ring (bicyclic) bond motifs is 1. The molecule has 0 saturated carbocycles. The SMILES string of the molecule is CC1CN2C(=O)SCC2C[S+]([O-])C1. The number of thioether (sulfide) groups is 1. The minimum atomic E-state index is -0.720. The lowest BCUT2D eigenvalue weighted by Gasteiger charge is -2.20. The first-order valence-electron chi connectivity index (χ1n) is 4.45. The second-order valence-electron chi connectivity index (χ2n) is 3.76. The molecule has 0 bridgehead atoms. The Kier molecular flexibility index (Phi) is 2.76. The van der Waals surface area contributed by atoms with Crippen LogP contribution in [-0.4, -0.2) is 44.5 Å². The molecule has 1 amide bonds. The first-order chi connectivity index (χ1) is 6.16. The fraction of sp³-hybridized carbons (Fsp3) is 0.875. The normalized spacial score (nSPS) is 40.3. The van der Waals surface area contributed by atoms with Gasteiger partial charge in [0.15, 0.2) is 0 Å². The molecule has 2 aliphatic heterocycles. The maximum absolute atomic E-state index is 11.5. The third kappa shape index (κ3) is 1.97. The van der Waals surface area contributed by atoms with Crippen molar-refractivity contribution in [3.05, 3.63) is 0 Å². The van der Waals surface area contributed by atoms with E-state index in [1.165, 1.54) is 11.8 Å². The predicted octanol–water partition coefficient (Wildman–Crippen LogP) is 0.922. The van der Waals surface area contributed by atoms with Crippen LogP contribution in [0.4, 0.5) is 4.79 Å². The number of carbonyl (C=O) groups is 1. The van der Waals surface area contributed by atoms with Gasteiger partial charge < -0.3 is 9.45 Å². The van der Waals surface area contributed by atoms with E-state index in [-0.39, 0.29) is 11.3 Å². The highest BCUT2D eigenvalue weighted by molar-refractivity contribution is 8.13. The quantitative estimate of drug-likeness (QED) is 0.569. The summed E-state index contributed by atoms with van der Waals surface area (Å²) in [6.45, 7) is 2.86. The lowest BCUT2D eigenvalue weighted by Crippen LogP contribution is -2.37. The monoisotopic (exact) mass is 219 g/mol. The summed E-state index contributed by atoms with van der Waals surface area (Å²) in [4.78, 5) is 13.3. The third-order valence-electron chi connectivity index (χ3n) is 2.43. The Morgan fingerprint density at radius 1 is 1.62 bits per heavy atom. The van der Waals surface area contributed by atoms with E-state index in [9.17, 15) is 9.35 Å². The van der Waals surface area contributed by atoms with Crippen molar-refractivity contribution in [2.24, 2.45) is 5.92 Å². The average Bonchev–Trinajstić information content (AvgIpc) is 2.32. The van der Waals surface area contributed by atoms with Gasteiger partial charge in [0.1, 0.15) is 11.5 Å². The van der Waals surface area contributed by atoms with Gasteiger partial charge in [-0.2, -0.15) is 0 Å². The van der Waals surface area contributed by atoms with Crippen LogP contribution in [0.5, 0.6) is 0 Å². The second-order valence-corrected chi connectivity index (χ2v) is 6.28. The van der Waals surface area contributed by atoms with Gasteiger partial charge >= 0.3 is 0 Å². The molecule has 0 radical (unpaired) electrons. The van der Waals surface area contributed by atoms with Crippen molar-refractivity contribution in [1.82, 2.24) is 4.90 Å². The summed E-state index contributed by atoms with van der Waals surface area (Å²) in [6, 6.07) is 0.239. The van der Waals surface area contributed by atoms with Crippen molar-refractivity contribution < 1.29 is 9.35 Å². The number of rotatable bonds is 0. The van der Waals surface area contributed by atoms with E-state index in [1.54, 1.807) is 0 Å². The molecule has 5 heteroatoms. The molecule has 3 atom stereocenters. The van der Waals surface area contributed by atoms with Gasteiger partial charge in [-0.15, -0.1) is 0 Å². The molecule has 74 valence electrons. The van der Waals surface area contributed by atoms with Crippen molar-refractivity contribution in [2.75, 3.05) is 23.8 Å². The first-order valence-corrected chi connectivity index (χ1v) is 6.92. The molecule has 0 aromatic rings. The van der Waals surface area contributed by atoms with E-state index in [0.717, 1.165) is 18.1 Å². The van der Waals surface area contributed by atoms with E-state index < -0.39 is 11.2 Å². The largest absolute Gasteiger partial charge is 0.616 e. The van der Waals surface area contributed by atoms with Crippen molar-refractivity contribution in [3.63, 3.8) is 0 Å². The lowest BCUT2D eigenvalue weighted by molar-refractivity contribution is 0.210. The summed E-state index contributed by atoms with van der Waals surface area (Å²) >= 11 is 0.648. The summed E-state index contributed by atoms with van der Waals surface area (Å²) in [5.74, 6) is 2.65. The summed E-state index contributed by atoms with van der Waals surface area (Å²) in [6.07, 6.45) is 0. The Hall–Kier alpha value is 0.130. The van der Waals surface area contributed by atoms with Gasteiger partial charge in [-0.3, -0.25) is 4.79 Å². The van der Waals surface area contributed by atoms with Crippen LogP contribution >= 0.6 is 11.8 Å². The van der Waals surface area contributed by atoms with Crippen molar-refractivity contribution in [1.29, 1.82) is 0 Å². The number of hydrogen-bond donors (Lipinski definition) is 0. The number of nitrogens with zero attached hydrogens (tertiary/aromatic N) is 1. The molecule has 3 nitrogen and oxygen atoms in total. The summed E-state index contributed by atoms with van der Waals surface area (Å²) in [5, 5.41) is 0.177. The van der Waals surface area contributed by atoms with E-state index in [1.807, 2.05) is 4.90 Å². The second kappa shape index (κ2) is 3.71. The highest BCUT2D eigenvalue weighted by Crippen LogP contribution is 2.28. The summed E-state index contributed by atoms with van der Waals surface area (Å²) in [5.41, 5.74) is 0. The molecule has 0 N–H and O–H groups in total. The molecule has 3 unspecified atom stereocenters. The zero-order valence-electron chi connectivity index (χ0n) is 7.56. The van der Waals surface area contributed by atoms with E-state index in [2.05, 4.69) is 6.92 Å². The smallest absolute Gasteiger partial charge is 0.282 e. The topological polar surface area (TPSA) is 43.4 Å². The Balaban J connectivity index is 2.11. The van der Waals surface area contributed by atoms with Gasteiger partial charge in [0.25, 0.3) is 5.24 Å². The molecule has 2 aliphatic rings. The summed E-state index contributed by atoms with van der Waals surface area (Å²) in [7, 11) is 0. The highest BCUT2D eigenvalue weighted by atomic mass is 32.2. The van der Waals surface area contributed by atoms with E-state index in [0.29, 0.717) is 11.7 Å². The van der Waals surface area contributed by atoms with Crippen molar-refractivity contribution in [2.45, 2.75) is 13.0 Å². The van der Waals surface area contributed by atoms with Crippen molar-refractivity contribution in [3.8, 4) is 0 Å². The Morgan fingerprint density at radius 2 is 2.38 bits per heavy atom.